The predicted molar refractivity (Wildman–Crippen MR) is 73.9 cm³/mol. The minimum Gasteiger partial charge on any atom is -0.394 e. The largest absolute Gasteiger partial charge is 0.394 e. The fourth-order valence-electron chi connectivity index (χ4n) is 1.72. The Labute approximate surface area is 103 Å². The molecule has 0 saturated heterocycles. The average molecular weight is 234 g/mol. The zero-order valence-corrected chi connectivity index (χ0v) is 9.80. The van der Waals surface area contributed by atoms with Gasteiger partial charge in [-0.3, -0.25) is 0 Å². The van der Waals surface area contributed by atoms with Crippen molar-refractivity contribution in [3.63, 3.8) is 0 Å². The van der Waals surface area contributed by atoms with Gasteiger partial charge in [0.25, 0.3) is 0 Å². The maximum absolute atomic E-state index is 8.60. The summed E-state index contributed by atoms with van der Waals surface area (Å²) < 4.78 is 5.38. The van der Waals surface area contributed by atoms with Gasteiger partial charge >= 0.3 is 0 Å². The van der Waals surface area contributed by atoms with E-state index in [0.717, 1.165) is 6.61 Å². The zero-order valence-electron chi connectivity index (χ0n) is 9.80. The Morgan fingerprint density at radius 3 is 2.19 bits per heavy atom. The molecule has 2 heteroatoms. The number of unbranched alkanes of at least 4 members (excludes halogenated alkanes) is 2. The lowest BCUT2D eigenvalue weighted by molar-refractivity contribution is 0.0625. The molecule has 102 valence electrons. The van der Waals surface area contributed by atoms with Gasteiger partial charge in [0.05, 0.1) is 13.2 Å². The van der Waals surface area contributed by atoms with Crippen LogP contribution in [0.1, 0.15) is 67.2 Å². The predicted octanol–water partition coefficient (Wildman–Crippen LogP) is 4.26. The molecule has 0 aromatic heterocycles. The van der Waals surface area contributed by atoms with Gasteiger partial charge in [-0.2, -0.15) is 0 Å². The first kappa shape index (κ1) is 21.2. The highest BCUT2D eigenvalue weighted by Crippen LogP contribution is 2.15. The number of aliphatic hydroxyl groups is 1. The highest BCUT2D eigenvalue weighted by molar-refractivity contribution is 4.58. The average Bonchev–Trinajstić information content (AvgIpc) is 2.18. The van der Waals surface area contributed by atoms with Crippen LogP contribution in [0.15, 0.2) is 0 Å². The van der Waals surface area contributed by atoms with Crippen molar-refractivity contribution >= 4 is 0 Å². The smallest absolute Gasteiger partial charge is 0.0697 e. The summed E-state index contributed by atoms with van der Waals surface area (Å²) in [7, 11) is 0. The molecule has 0 heterocycles. The summed E-state index contributed by atoms with van der Waals surface area (Å²) in [5, 5.41) is 8.60. The van der Waals surface area contributed by atoms with E-state index in [9.17, 15) is 0 Å². The molecule has 0 spiro atoms. The molecule has 1 unspecified atom stereocenters. The van der Waals surface area contributed by atoms with Crippen LogP contribution in [0.2, 0.25) is 0 Å². The lowest BCUT2D eigenvalue weighted by Gasteiger charge is -2.15. The van der Waals surface area contributed by atoms with Gasteiger partial charge in [-0.25, -0.2) is 0 Å². The van der Waals surface area contributed by atoms with Gasteiger partial charge in [0, 0.05) is 6.61 Å². The lowest BCUT2D eigenvalue weighted by atomic mass is 9.97. The van der Waals surface area contributed by atoms with Crippen molar-refractivity contribution in [3.05, 3.63) is 0 Å². The Balaban J connectivity index is -0.000000845. The Morgan fingerprint density at radius 1 is 1.00 bits per heavy atom. The molecule has 0 rings (SSSR count). The fourth-order valence-corrected chi connectivity index (χ4v) is 1.72. The van der Waals surface area contributed by atoms with Crippen molar-refractivity contribution in [1.82, 2.24) is 0 Å². The van der Waals surface area contributed by atoms with Gasteiger partial charge in [-0.1, -0.05) is 54.4 Å². The van der Waals surface area contributed by atoms with Crippen LogP contribution >= 0.6 is 0 Å². The molecule has 0 saturated carbocycles. The van der Waals surface area contributed by atoms with Crippen molar-refractivity contribution in [2.24, 2.45) is 5.92 Å². The molecule has 0 fully saturated rings. The number of hydrogen-bond donors (Lipinski definition) is 1. The SMILES string of the molecule is C.C.CCCCCC(CCC)COCCO. The molecular weight excluding hydrogens is 200 g/mol. The zero-order chi connectivity index (χ0) is 10.6. The third kappa shape index (κ3) is 13.9. The lowest BCUT2D eigenvalue weighted by Crippen LogP contribution is -2.11. The van der Waals surface area contributed by atoms with Crippen LogP contribution in [0.25, 0.3) is 0 Å². The Bertz CT molecular complexity index is 94.9. The highest BCUT2D eigenvalue weighted by Gasteiger charge is 2.07. The number of aliphatic hydroxyl groups excluding tert-OH is 1. The van der Waals surface area contributed by atoms with Crippen LogP contribution in [-0.4, -0.2) is 24.9 Å². The van der Waals surface area contributed by atoms with Crippen LogP contribution in [0.3, 0.4) is 0 Å². The van der Waals surface area contributed by atoms with Crippen molar-refractivity contribution in [2.45, 2.75) is 67.2 Å². The van der Waals surface area contributed by atoms with Crippen molar-refractivity contribution in [2.75, 3.05) is 19.8 Å². The van der Waals surface area contributed by atoms with Gasteiger partial charge in [-0.05, 0) is 18.8 Å². The summed E-state index contributed by atoms with van der Waals surface area (Å²) in [6.45, 7) is 5.93. The van der Waals surface area contributed by atoms with E-state index in [-0.39, 0.29) is 21.5 Å². The maximum atomic E-state index is 8.60. The quantitative estimate of drug-likeness (QED) is 0.572. The fraction of sp³-hybridized carbons (Fsp3) is 1.00. The van der Waals surface area contributed by atoms with Crippen molar-refractivity contribution < 1.29 is 9.84 Å². The molecule has 1 atom stereocenters. The van der Waals surface area contributed by atoms with E-state index in [4.69, 9.17) is 9.84 Å². The topological polar surface area (TPSA) is 29.5 Å². The standard InChI is InChI=1S/C12H26O2.2CH4/c1-3-5-6-8-12(7-4-2)11-14-10-9-13;;/h12-13H,3-11H2,1-2H3;2*1H4. The van der Waals surface area contributed by atoms with E-state index in [0.29, 0.717) is 12.5 Å². The molecule has 16 heavy (non-hydrogen) atoms. The second kappa shape index (κ2) is 17.3. The summed E-state index contributed by atoms with van der Waals surface area (Å²) in [5.74, 6) is 0.707. The maximum Gasteiger partial charge on any atom is 0.0697 e. The highest BCUT2D eigenvalue weighted by atomic mass is 16.5. The molecule has 0 aliphatic rings. The molecule has 2 nitrogen and oxygen atoms in total. The van der Waals surface area contributed by atoms with Crippen LogP contribution in [0, 0.1) is 5.92 Å². The first-order chi connectivity index (χ1) is 6.85. The molecule has 0 radical (unpaired) electrons. The normalized spacial score (nSPS) is 11.4. The molecule has 0 aliphatic heterocycles. The van der Waals surface area contributed by atoms with E-state index >= 15 is 0 Å². The monoisotopic (exact) mass is 234 g/mol. The van der Waals surface area contributed by atoms with Gasteiger partial charge < -0.3 is 9.84 Å². The van der Waals surface area contributed by atoms with E-state index in [1.165, 1.54) is 38.5 Å². The molecule has 0 aromatic rings. The van der Waals surface area contributed by atoms with E-state index < -0.39 is 0 Å². The van der Waals surface area contributed by atoms with Crippen molar-refractivity contribution in [1.29, 1.82) is 0 Å². The van der Waals surface area contributed by atoms with E-state index in [1.54, 1.807) is 0 Å². The summed E-state index contributed by atoms with van der Waals surface area (Å²) in [6.07, 6.45) is 7.72. The molecule has 0 aromatic carbocycles. The Kier molecular flexibility index (Phi) is 23.0. The summed E-state index contributed by atoms with van der Waals surface area (Å²) in [6, 6.07) is 0. The first-order valence-electron chi connectivity index (χ1n) is 6.03. The van der Waals surface area contributed by atoms with Gasteiger partial charge in [-0.15, -0.1) is 0 Å². The van der Waals surface area contributed by atoms with Crippen LogP contribution in [0.4, 0.5) is 0 Å². The summed E-state index contributed by atoms with van der Waals surface area (Å²) >= 11 is 0. The van der Waals surface area contributed by atoms with Gasteiger partial charge in [0.1, 0.15) is 0 Å². The van der Waals surface area contributed by atoms with E-state index in [2.05, 4.69) is 13.8 Å². The molecule has 0 aliphatic carbocycles. The second-order valence-electron chi connectivity index (χ2n) is 3.95. The Hall–Kier alpha value is -0.0800. The number of hydrogen-bond acceptors (Lipinski definition) is 2. The van der Waals surface area contributed by atoms with Crippen molar-refractivity contribution in [3.8, 4) is 0 Å². The van der Waals surface area contributed by atoms with Gasteiger partial charge in [0.15, 0.2) is 0 Å². The third-order valence-electron chi connectivity index (χ3n) is 2.50. The minimum atomic E-state index is 0. The third-order valence-corrected chi connectivity index (χ3v) is 2.50. The van der Waals surface area contributed by atoms with Gasteiger partial charge in [0.2, 0.25) is 0 Å². The van der Waals surface area contributed by atoms with Crippen LogP contribution < -0.4 is 0 Å². The summed E-state index contributed by atoms with van der Waals surface area (Å²) in [4.78, 5) is 0. The summed E-state index contributed by atoms with van der Waals surface area (Å²) in [5.41, 5.74) is 0. The number of rotatable bonds is 10. The van der Waals surface area contributed by atoms with Crippen LogP contribution in [-0.2, 0) is 4.74 Å². The Morgan fingerprint density at radius 2 is 1.69 bits per heavy atom. The molecule has 1 N–H and O–H groups in total. The molecule has 0 amide bonds. The van der Waals surface area contributed by atoms with Crippen LogP contribution in [0.5, 0.6) is 0 Å². The molecular formula is C14H34O2. The minimum absolute atomic E-state index is 0. The number of ether oxygens (including phenoxy) is 1. The first-order valence-corrected chi connectivity index (χ1v) is 6.03. The molecule has 0 bridgehead atoms. The van der Waals surface area contributed by atoms with E-state index in [1.807, 2.05) is 0 Å². The second-order valence-corrected chi connectivity index (χ2v) is 3.95.